The van der Waals surface area contributed by atoms with Gasteiger partial charge < -0.3 is 0 Å². The minimum atomic E-state index is 0.143. The van der Waals surface area contributed by atoms with Gasteiger partial charge >= 0.3 is 0 Å². The zero-order valence-corrected chi connectivity index (χ0v) is 18.0. The lowest BCUT2D eigenvalue weighted by molar-refractivity contribution is 0.590. The molecule has 2 rings (SSSR count). The Hall–Kier alpha value is -2.96. The van der Waals surface area contributed by atoms with E-state index in [1.807, 2.05) is 24.3 Å². The van der Waals surface area contributed by atoms with Gasteiger partial charge in [-0.05, 0) is 46.2 Å². The SMILES string of the molecule is C=C(C#Cc1ccc(C(C)(C)C)cc1)C(=C)C#Cc1ccc(C(C)(C)C)cc1. The summed E-state index contributed by atoms with van der Waals surface area (Å²) in [6, 6.07) is 16.7. The summed E-state index contributed by atoms with van der Waals surface area (Å²) in [4.78, 5) is 0. The Morgan fingerprint density at radius 3 is 1.11 bits per heavy atom. The second-order valence-electron chi connectivity index (χ2n) is 9.11. The summed E-state index contributed by atoms with van der Waals surface area (Å²) in [5.74, 6) is 12.4. The van der Waals surface area contributed by atoms with Gasteiger partial charge in [-0.25, -0.2) is 0 Å². The first kappa shape index (κ1) is 21.3. The van der Waals surface area contributed by atoms with Crippen LogP contribution in [-0.4, -0.2) is 0 Å². The molecule has 0 aliphatic heterocycles. The fourth-order valence-electron chi connectivity index (χ4n) is 2.55. The molecule has 0 spiro atoms. The van der Waals surface area contributed by atoms with Gasteiger partial charge in [0.25, 0.3) is 0 Å². The van der Waals surface area contributed by atoms with Crippen molar-refractivity contribution in [1.82, 2.24) is 0 Å². The second kappa shape index (κ2) is 8.37. The summed E-state index contributed by atoms with van der Waals surface area (Å²) >= 11 is 0. The first-order chi connectivity index (χ1) is 13.0. The minimum Gasteiger partial charge on any atom is -0.0820 e. The molecule has 0 aromatic heterocycles. The van der Waals surface area contributed by atoms with Crippen molar-refractivity contribution < 1.29 is 0 Å². The molecule has 0 saturated carbocycles. The van der Waals surface area contributed by atoms with Crippen molar-refractivity contribution in [3.05, 3.63) is 95.1 Å². The first-order valence-corrected chi connectivity index (χ1v) is 9.60. The van der Waals surface area contributed by atoms with Crippen LogP contribution < -0.4 is 0 Å². The van der Waals surface area contributed by atoms with E-state index >= 15 is 0 Å². The van der Waals surface area contributed by atoms with Crippen LogP contribution >= 0.6 is 0 Å². The van der Waals surface area contributed by atoms with Crippen LogP contribution in [0.4, 0.5) is 0 Å². The zero-order chi connectivity index (χ0) is 20.9. The Kier molecular flexibility index (Phi) is 6.38. The van der Waals surface area contributed by atoms with Crippen LogP contribution in [0.5, 0.6) is 0 Å². The van der Waals surface area contributed by atoms with Crippen molar-refractivity contribution in [2.45, 2.75) is 52.4 Å². The average molecular weight is 367 g/mol. The largest absolute Gasteiger partial charge is 0.0820 e. The van der Waals surface area contributed by atoms with E-state index < -0.39 is 0 Å². The zero-order valence-electron chi connectivity index (χ0n) is 18.0. The third-order valence-electron chi connectivity index (χ3n) is 4.58. The number of hydrogen-bond acceptors (Lipinski definition) is 0. The average Bonchev–Trinajstić information content (AvgIpc) is 2.63. The highest BCUT2D eigenvalue weighted by Crippen LogP contribution is 2.23. The molecule has 0 atom stereocenters. The van der Waals surface area contributed by atoms with Crippen molar-refractivity contribution in [3.8, 4) is 23.7 Å². The van der Waals surface area contributed by atoms with Gasteiger partial charge in [-0.1, -0.05) is 103 Å². The molecule has 0 saturated heterocycles. The van der Waals surface area contributed by atoms with Crippen molar-refractivity contribution in [2.75, 3.05) is 0 Å². The Morgan fingerprint density at radius 2 is 0.857 bits per heavy atom. The van der Waals surface area contributed by atoms with E-state index in [1.165, 1.54) is 11.1 Å². The van der Waals surface area contributed by atoms with E-state index in [9.17, 15) is 0 Å². The van der Waals surface area contributed by atoms with Gasteiger partial charge in [0.2, 0.25) is 0 Å². The Labute approximate surface area is 171 Å². The monoisotopic (exact) mass is 366 g/mol. The minimum absolute atomic E-state index is 0.143. The molecule has 0 nitrogen and oxygen atoms in total. The molecule has 2 aromatic rings. The quantitative estimate of drug-likeness (QED) is 0.385. The van der Waals surface area contributed by atoms with E-state index in [0.717, 1.165) is 11.1 Å². The highest BCUT2D eigenvalue weighted by atomic mass is 14.2. The molecule has 0 heteroatoms. The third-order valence-corrected chi connectivity index (χ3v) is 4.58. The van der Waals surface area contributed by atoms with Gasteiger partial charge in [-0.2, -0.15) is 0 Å². The van der Waals surface area contributed by atoms with Crippen LogP contribution in [0.2, 0.25) is 0 Å². The molecule has 0 radical (unpaired) electrons. The van der Waals surface area contributed by atoms with Gasteiger partial charge in [0.05, 0.1) is 0 Å². The molecule has 28 heavy (non-hydrogen) atoms. The molecule has 2 aromatic carbocycles. The molecule has 0 aliphatic rings. The van der Waals surface area contributed by atoms with Crippen LogP contribution in [0.1, 0.15) is 63.8 Å². The van der Waals surface area contributed by atoms with Crippen LogP contribution in [-0.2, 0) is 10.8 Å². The Morgan fingerprint density at radius 1 is 0.571 bits per heavy atom. The highest BCUT2D eigenvalue weighted by molar-refractivity contribution is 5.56. The maximum Gasteiger partial charge on any atom is 0.0327 e. The molecular formula is C28H30. The fraction of sp³-hybridized carbons (Fsp3) is 0.286. The standard InChI is InChI=1S/C28H30/c1-21(9-11-23-13-17-25(18-14-23)27(3,4)5)22(2)10-12-24-15-19-26(20-16-24)28(6,7)8/h13-20H,1-2H2,3-8H3. The van der Waals surface area contributed by atoms with Crippen molar-refractivity contribution in [1.29, 1.82) is 0 Å². The predicted molar refractivity (Wildman–Crippen MR) is 122 cm³/mol. The van der Waals surface area contributed by atoms with Crippen molar-refractivity contribution in [2.24, 2.45) is 0 Å². The van der Waals surface area contributed by atoms with Gasteiger partial charge in [-0.3, -0.25) is 0 Å². The predicted octanol–water partition coefficient (Wildman–Crippen LogP) is 6.80. The lowest BCUT2D eigenvalue weighted by atomic mass is 9.87. The molecule has 0 heterocycles. The molecule has 0 N–H and O–H groups in total. The van der Waals surface area contributed by atoms with Crippen molar-refractivity contribution >= 4 is 0 Å². The molecule has 0 aliphatic carbocycles. The Balaban J connectivity index is 2.06. The summed E-state index contributed by atoms with van der Waals surface area (Å²) in [7, 11) is 0. The Bertz CT molecular complexity index is 890. The molecule has 142 valence electrons. The van der Waals surface area contributed by atoms with E-state index in [4.69, 9.17) is 0 Å². The highest BCUT2D eigenvalue weighted by Gasteiger charge is 2.13. The lowest BCUT2D eigenvalue weighted by Gasteiger charge is -2.18. The van der Waals surface area contributed by atoms with Crippen LogP contribution in [0.3, 0.4) is 0 Å². The fourth-order valence-corrected chi connectivity index (χ4v) is 2.55. The number of rotatable bonds is 1. The first-order valence-electron chi connectivity index (χ1n) is 9.60. The maximum absolute atomic E-state index is 4.01. The molecule has 0 fully saturated rings. The van der Waals surface area contributed by atoms with E-state index in [2.05, 4.69) is 103 Å². The molecule has 0 amide bonds. The lowest BCUT2D eigenvalue weighted by Crippen LogP contribution is -2.10. The van der Waals surface area contributed by atoms with Gasteiger partial charge in [0, 0.05) is 22.3 Å². The van der Waals surface area contributed by atoms with Crippen LogP contribution in [0.25, 0.3) is 0 Å². The summed E-state index contributed by atoms with van der Waals surface area (Å²) < 4.78 is 0. The van der Waals surface area contributed by atoms with E-state index in [-0.39, 0.29) is 10.8 Å². The van der Waals surface area contributed by atoms with Crippen LogP contribution in [0, 0.1) is 23.7 Å². The summed E-state index contributed by atoms with van der Waals surface area (Å²) in [6.45, 7) is 21.2. The molecule has 0 bridgehead atoms. The normalized spacial score (nSPS) is 10.9. The molecule has 0 unspecified atom stereocenters. The summed E-state index contributed by atoms with van der Waals surface area (Å²) in [6.07, 6.45) is 0. The van der Waals surface area contributed by atoms with Gasteiger partial charge in [0.15, 0.2) is 0 Å². The number of benzene rings is 2. The smallest absolute Gasteiger partial charge is 0.0327 e. The number of allylic oxidation sites excluding steroid dienone is 2. The second-order valence-corrected chi connectivity index (χ2v) is 9.11. The summed E-state index contributed by atoms with van der Waals surface area (Å²) in [5.41, 5.74) is 6.11. The summed E-state index contributed by atoms with van der Waals surface area (Å²) in [5, 5.41) is 0. The topological polar surface area (TPSA) is 0 Å². The van der Waals surface area contributed by atoms with Crippen molar-refractivity contribution in [3.63, 3.8) is 0 Å². The molecular weight excluding hydrogens is 336 g/mol. The van der Waals surface area contributed by atoms with Gasteiger partial charge in [0.1, 0.15) is 0 Å². The van der Waals surface area contributed by atoms with E-state index in [0.29, 0.717) is 11.1 Å². The third kappa shape index (κ3) is 6.04. The van der Waals surface area contributed by atoms with Crippen LogP contribution in [0.15, 0.2) is 72.8 Å². The van der Waals surface area contributed by atoms with Gasteiger partial charge in [-0.15, -0.1) is 0 Å². The number of hydrogen-bond donors (Lipinski definition) is 0. The van der Waals surface area contributed by atoms with E-state index in [1.54, 1.807) is 0 Å². The maximum atomic E-state index is 4.01.